The molecule has 1 fully saturated rings. The van der Waals surface area contributed by atoms with Gasteiger partial charge in [0.2, 0.25) is 0 Å². The zero-order chi connectivity index (χ0) is 35.4. The van der Waals surface area contributed by atoms with Gasteiger partial charge in [0.25, 0.3) is 17.7 Å². The predicted octanol–water partition coefficient (Wildman–Crippen LogP) is 5.16. The van der Waals surface area contributed by atoms with Crippen molar-refractivity contribution in [2.75, 3.05) is 76.4 Å². The van der Waals surface area contributed by atoms with E-state index in [2.05, 4.69) is 43.1 Å². The molecular formula is C39H46N8O3. The topological polar surface area (TPSA) is 125 Å². The van der Waals surface area contributed by atoms with Crippen LogP contribution in [0.4, 0.5) is 22.7 Å². The number of carbonyl (C=O) groups is 3. The number of aromatic nitrogens is 1. The molecule has 6 rings (SSSR count). The maximum Gasteiger partial charge on any atom is 0.256 e. The minimum absolute atomic E-state index is 0.140. The first-order chi connectivity index (χ1) is 24.0. The molecule has 0 unspecified atom stereocenters. The van der Waals surface area contributed by atoms with Gasteiger partial charge in [-0.25, -0.2) is 0 Å². The molecule has 0 radical (unpaired) electrons. The molecule has 3 amide bonds. The highest BCUT2D eigenvalue weighted by atomic mass is 16.2. The fourth-order valence-corrected chi connectivity index (χ4v) is 6.41. The Labute approximate surface area is 293 Å². The normalized spacial score (nSPS) is 15.6. The van der Waals surface area contributed by atoms with Crippen LogP contribution in [0.1, 0.15) is 48.8 Å². The Hall–Kier alpha value is -5.23. The van der Waals surface area contributed by atoms with Gasteiger partial charge in [-0.15, -0.1) is 0 Å². The lowest BCUT2D eigenvalue weighted by molar-refractivity contribution is -0.110. The van der Waals surface area contributed by atoms with Crippen molar-refractivity contribution in [3.8, 4) is 0 Å². The zero-order valence-corrected chi connectivity index (χ0v) is 29.4. The van der Waals surface area contributed by atoms with E-state index in [4.69, 9.17) is 0 Å². The quantitative estimate of drug-likeness (QED) is 0.139. The van der Waals surface area contributed by atoms with Gasteiger partial charge in [0.15, 0.2) is 0 Å². The standard InChI is InChI=1S/C39H46N8O3/c1-25-34(41-26(2)35(25)39(50)40-16-17-45(3)4)23-32-31-10-7-11-33(36(31)44-38(32)49)42-29-8-6-9-30(22-29)43-37(48)28-14-12-27(13-15-28)24-47-20-18-46(5)19-21-47/h6-15,22-23,41-42H,16-21,24H2,1-5H3,(H,40,50)(H,43,48)(H,44,49)/b32-23-. The third-order valence-corrected chi connectivity index (χ3v) is 9.29. The predicted molar refractivity (Wildman–Crippen MR) is 201 cm³/mol. The van der Waals surface area contributed by atoms with Crippen LogP contribution in [0.25, 0.3) is 11.6 Å². The summed E-state index contributed by atoms with van der Waals surface area (Å²) in [6, 6.07) is 21.0. The summed E-state index contributed by atoms with van der Waals surface area (Å²) in [5.74, 6) is -0.549. The number of aromatic amines is 1. The molecule has 1 saturated heterocycles. The van der Waals surface area contributed by atoms with E-state index in [1.54, 1.807) is 6.08 Å². The lowest BCUT2D eigenvalue weighted by atomic mass is 10.0. The Kier molecular flexibility index (Phi) is 10.5. The van der Waals surface area contributed by atoms with Crippen LogP contribution in [0.5, 0.6) is 0 Å². The van der Waals surface area contributed by atoms with E-state index in [0.717, 1.165) is 67.5 Å². The Morgan fingerprint density at radius 2 is 1.64 bits per heavy atom. The van der Waals surface area contributed by atoms with Crippen molar-refractivity contribution in [3.63, 3.8) is 0 Å². The lowest BCUT2D eigenvalue weighted by Gasteiger charge is -2.32. The van der Waals surface area contributed by atoms with Crippen LogP contribution in [0.15, 0.2) is 66.7 Å². The maximum absolute atomic E-state index is 13.3. The Morgan fingerprint density at radius 3 is 2.38 bits per heavy atom. The summed E-state index contributed by atoms with van der Waals surface area (Å²) in [4.78, 5) is 49.4. The second-order valence-corrected chi connectivity index (χ2v) is 13.4. The minimum atomic E-state index is -0.228. The molecule has 1 aromatic heterocycles. The summed E-state index contributed by atoms with van der Waals surface area (Å²) in [7, 11) is 6.07. The van der Waals surface area contributed by atoms with Crippen LogP contribution < -0.4 is 21.3 Å². The number of anilines is 4. The largest absolute Gasteiger partial charge is 0.358 e. The van der Waals surface area contributed by atoms with Crippen LogP contribution in [-0.2, 0) is 11.3 Å². The van der Waals surface area contributed by atoms with E-state index < -0.39 is 0 Å². The number of H-pyrrole nitrogens is 1. The average Bonchev–Trinajstić information content (AvgIpc) is 3.56. The molecule has 3 aromatic carbocycles. The third kappa shape index (κ3) is 7.97. The van der Waals surface area contributed by atoms with Gasteiger partial charge in [-0.2, -0.15) is 0 Å². The van der Waals surface area contributed by atoms with Gasteiger partial charge in [0.05, 0.1) is 22.5 Å². The van der Waals surface area contributed by atoms with E-state index in [1.807, 2.05) is 99.6 Å². The van der Waals surface area contributed by atoms with Crippen molar-refractivity contribution >= 4 is 52.1 Å². The molecule has 11 nitrogen and oxygen atoms in total. The molecule has 2 aliphatic heterocycles. The van der Waals surface area contributed by atoms with Crippen molar-refractivity contribution in [2.45, 2.75) is 20.4 Å². The first-order valence-corrected chi connectivity index (χ1v) is 17.0. The lowest BCUT2D eigenvalue weighted by Crippen LogP contribution is -2.43. The Morgan fingerprint density at radius 1 is 0.920 bits per heavy atom. The highest BCUT2D eigenvalue weighted by Crippen LogP contribution is 2.40. The minimum Gasteiger partial charge on any atom is -0.358 e. The van der Waals surface area contributed by atoms with E-state index in [-0.39, 0.29) is 17.7 Å². The van der Waals surface area contributed by atoms with Gasteiger partial charge in [-0.05, 0) is 88.6 Å². The van der Waals surface area contributed by atoms with Crippen LogP contribution in [0, 0.1) is 13.8 Å². The molecule has 2 aliphatic rings. The van der Waals surface area contributed by atoms with Crippen LogP contribution in [-0.4, -0.2) is 97.8 Å². The van der Waals surface area contributed by atoms with Crippen molar-refractivity contribution in [2.24, 2.45) is 0 Å². The van der Waals surface area contributed by atoms with Gasteiger partial charge in [0, 0.05) is 79.7 Å². The van der Waals surface area contributed by atoms with Gasteiger partial charge in [-0.3, -0.25) is 19.3 Å². The molecule has 0 atom stereocenters. The molecule has 0 aliphatic carbocycles. The maximum atomic E-state index is 13.3. The van der Waals surface area contributed by atoms with Crippen LogP contribution in [0.2, 0.25) is 0 Å². The monoisotopic (exact) mass is 674 g/mol. The summed E-state index contributed by atoms with van der Waals surface area (Å²) >= 11 is 0. The molecule has 4 aromatic rings. The van der Waals surface area contributed by atoms with E-state index in [0.29, 0.717) is 40.3 Å². The number of amides is 3. The van der Waals surface area contributed by atoms with Gasteiger partial charge in [0.1, 0.15) is 0 Å². The smallest absolute Gasteiger partial charge is 0.256 e. The number of nitrogens with one attached hydrogen (secondary N) is 5. The number of piperazine rings is 1. The molecule has 3 heterocycles. The van der Waals surface area contributed by atoms with E-state index in [9.17, 15) is 14.4 Å². The first-order valence-electron chi connectivity index (χ1n) is 17.0. The molecule has 11 heteroatoms. The third-order valence-electron chi connectivity index (χ3n) is 9.29. The van der Waals surface area contributed by atoms with Crippen molar-refractivity contribution < 1.29 is 14.4 Å². The number of hydrogen-bond donors (Lipinski definition) is 5. The summed E-state index contributed by atoms with van der Waals surface area (Å²) in [5.41, 5.74) is 8.67. The number of nitrogens with zero attached hydrogens (tertiary/aromatic N) is 3. The summed E-state index contributed by atoms with van der Waals surface area (Å²) in [5, 5.41) is 12.4. The Bertz CT molecular complexity index is 1920. The molecule has 260 valence electrons. The van der Waals surface area contributed by atoms with Crippen molar-refractivity contribution in [1.82, 2.24) is 25.0 Å². The molecule has 0 saturated carbocycles. The van der Waals surface area contributed by atoms with Crippen molar-refractivity contribution in [1.29, 1.82) is 0 Å². The second kappa shape index (κ2) is 15.1. The Balaban J connectivity index is 1.13. The zero-order valence-electron chi connectivity index (χ0n) is 29.4. The summed E-state index contributed by atoms with van der Waals surface area (Å²) in [6.07, 6.45) is 1.80. The highest BCUT2D eigenvalue weighted by Gasteiger charge is 2.28. The molecule has 50 heavy (non-hydrogen) atoms. The fourth-order valence-electron chi connectivity index (χ4n) is 6.41. The number of para-hydroxylation sites is 1. The number of aryl methyl sites for hydroxylation is 1. The number of likely N-dealkylation sites (N-methyl/N-ethyl adjacent to an activating group) is 2. The summed E-state index contributed by atoms with van der Waals surface area (Å²) < 4.78 is 0. The van der Waals surface area contributed by atoms with Crippen LogP contribution >= 0.6 is 0 Å². The number of hydrogen-bond acceptors (Lipinski definition) is 7. The number of carbonyl (C=O) groups excluding carboxylic acids is 3. The molecule has 0 bridgehead atoms. The van der Waals surface area contributed by atoms with E-state index in [1.165, 1.54) is 5.56 Å². The summed E-state index contributed by atoms with van der Waals surface area (Å²) in [6.45, 7) is 10.2. The van der Waals surface area contributed by atoms with Crippen LogP contribution in [0.3, 0.4) is 0 Å². The number of benzene rings is 3. The van der Waals surface area contributed by atoms with Crippen molar-refractivity contribution in [3.05, 3.63) is 106 Å². The number of rotatable bonds is 11. The van der Waals surface area contributed by atoms with Gasteiger partial charge in [-0.1, -0.05) is 30.3 Å². The second-order valence-electron chi connectivity index (χ2n) is 13.4. The van der Waals surface area contributed by atoms with E-state index >= 15 is 0 Å². The first kappa shape index (κ1) is 34.6. The van der Waals surface area contributed by atoms with Gasteiger partial charge < -0.3 is 36.1 Å². The SMILES string of the molecule is Cc1[nH]c(/C=C2\C(=O)Nc3c(Nc4cccc(NC(=O)c5ccc(CN6CCN(C)CC6)cc5)c4)cccc32)c(C)c1C(=O)NCCN(C)C. The fraction of sp³-hybridized carbons (Fsp3) is 0.308. The molecule has 5 N–H and O–H groups in total. The average molecular weight is 675 g/mol. The molecule has 0 spiro atoms. The number of fused-ring (bicyclic) bond motifs is 1. The van der Waals surface area contributed by atoms with Gasteiger partial charge >= 0.3 is 0 Å². The molecular weight excluding hydrogens is 628 g/mol. The highest BCUT2D eigenvalue weighted by molar-refractivity contribution is 6.36.